The van der Waals surface area contributed by atoms with E-state index < -0.39 is 5.97 Å². The van der Waals surface area contributed by atoms with Gasteiger partial charge in [-0.1, -0.05) is 12.1 Å². The first kappa shape index (κ1) is 14.7. The van der Waals surface area contributed by atoms with Crippen molar-refractivity contribution < 1.29 is 15.0 Å². The molecule has 0 radical (unpaired) electrons. The van der Waals surface area contributed by atoms with E-state index in [4.69, 9.17) is 5.11 Å². The molecule has 3 rings (SSSR count). The van der Waals surface area contributed by atoms with Gasteiger partial charge in [0.15, 0.2) is 5.82 Å². The molecule has 3 aromatic rings. The van der Waals surface area contributed by atoms with Crippen molar-refractivity contribution in [3.8, 4) is 5.75 Å². The first-order valence-corrected chi connectivity index (χ1v) is 6.93. The molecule has 23 heavy (non-hydrogen) atoms. The lowest BCUT2D eigenvalue weighted by molar-refractivity contribution is -0.136. The van der Waals surface area contributed by atoms with Crippen LogP contribution in [-0.2, 0) is 11.2 Å². The van der Waals surface area contributed by atoms with Crippen molar-refractivity contribution >= 4 is 23.1 Å². The second kappa shape index (κ2) is 5.88. The molecule has 2 aromatic heterocycles. The van der Waals surface area contributed by atoms with E-state index in [9.17, 15) is 9.90 Å². The molecule has 0 atom stereocenters. The Labute approximate surface area is 131 Å². The molecule has 0 fully saturated rings. The van der Waals surface area contributed by atoms with Gasteiger partial charge < -0.3 is 10.2 Å². The number of fused-ring (bicyclic) bond motifs is 1. The van der Waals surface area contributed by atoms with Crippen molar-refractivity contribution in [3.63, 3.8) is 0 Å². The van der Waals surface area contributed by atoms with Gasteiger partial charge in [0.05, 0.1) is 17.8 Å². The number of phenols is 1. The van der Waals surface area contributed by atoms with Crippen LogP contribution in [0.25, 0.3) is 5.65 Å². The molecule has 116 valence electrons. The lowest BCUT2D eigenvalue weighted by Gasteiger charge is -1.99. The summed E-state index contributed by atoms with van der Waals surface area (Å²) < 4.78 is 1.71. The summed E-state index contributed by atoms with van der Waals surface area (Å²) in [6, 6.07) is 10.0. The van der Waals surface area contributed by atoms with Crippen LogP contribution in [0.15, 0.2) is 52.8 Å². The van der Waals surface area contributed by atoms with Gasteiger partial charge in [-0.25, -0.2) is 4.98 Å². The average molecular weight is 310 g/mol. The van der Waals surface area contributed by atoms with E-state index in [-0.39, 0.29) is 12.2 Å². The summed E-state index contributed by atoms with van der Waals surface area (Å²) in [6.45, 7) is 1.92. The molecule has 7 nitrogen and oxygen atoms in total. The van der Waals surface area contributed by atoms with Crippen LogP contribution in [0.3, 0.4) is 0 Å². The highest BCUT2D eigenvalue weighted by Crippen LogP contribution is 2.26. The molecule has 0 aliphatic rings. The standard InChI is InChI=1S/C16H14N4O3/c1-10-5-6-14-17-13(8-15(22)23)16(20(14)9-10)19-18-11-3-2-4-12(21)7-11/h2-7,9,21H,8H2,1H3,(H,22,23). The Balaban J connectivity index is 2.09. The topological polar surface area (TPSA) is 99.5 Å². The number of aliphatic carboxylic acids is 1. The fourth-order valence-corrected chi connectivity index (χ4v) is 2.22. The van der Waals surface area contributed by atoms with Crippen LogP contribution in [0.5, 0.6) is 5.75 Å². The molecule has 1 aromatic carbocycles. The van der Waals surface area contributed by atoms with Gasteiger partial charge >= 0.3 is 5.97 Å². The Morgan fingerprint density at radius 3 is 2.83 bits per heavy atom. The van der Waals surface area contributed by atoms with E-state index in [1.807, 2.05) is 19.2 Å². The van der Waals surface area contributed by atoms with Crippen molar-refractivity contribution in [3.05, 3.63) is 53.9 Å². The zero-order valence-electron chi connectivity index (χ0n) is 12.3. The summed E-state index contributed by atoms with van der Waals surface area (Å²) in [5.74, 6) is -0.533. The third-order valence-electron chi connectivity index (χ3n) is 3.22. The van der Waals surface area contributed by atoms with Crippen LogP contribution in [0, 0.1) is 6.92 Å². The minimum Gasteiger partial charge on any atom is -0.508 e. The molecule has 0 saturated heterocycles. The summed E-state index contributed by atoms with van der Waals surface area (Å²) in [7, 11) is 0. The number of rotatable bonds is 4. The van der Waals surface area contributed by atoms with Crippen molar-refractivity contribution in [2.75, 3.05) is 0 Å². The predicted octanol–water partition coefficient (Wildman–Crippen LogP) is 3.39. The van der Waals surface area contributed by atoms with Crippen molar-refractivity contribution in [1.29, 1.82) is 0 Å². The Morgan fingerprint density at radius 1 is 1.26 bits per heavy atom. The maximum absolute atomic E-state index is 11.0. The number of carbonyl (C=O) groups is 1. The Morgan fingerprint density at radius 2 is 2.09 bits per heavy atom. The minimum atomic E-state index is -0.987. The van der Waals surface area contributed by atoms with Crippen LogP contribution >= 0.6 is 0 Å². The summed E-state index contributed by atoms with van der Waals surface area (Å²) in [4.78, 5) is 15.3. The van der Waals surface area contributed by atoms with Gasteiger partial charge in [-0.15, -0.1) is 10.2 Å². The zero-order valence-corrected chi connectivity index (χ0v) is 12.3. The number of nitrogens with zero attached hydrogens (tertiary/aromatic N) is 4. The molecule has 0 aliphatic carbocycles. The number of carboxylic acids is 1. The van der Waals surface area contributed by atoms with Gasteiger partial charge in [-0.05, 0) is 30.7 Å². The van der Waals surface area contributed by atoms with Gasteiger partial charge in [-0.3, -0.25) is 9.20 Å². The second-order valence-electron chi connectivity index (χ2n) is 5.11. The van der Waals surface area contributed by atoms with Crippen LogP contribution in [0.1, 0.15) is 11.3 Å². The monoisotopic (exact) mass is 310 g/mol. The maximum Gasteiger partial charge on any atom is 0.309 e. The fraction of sp³-hybridized carbons (Fsp3) is 0.125. The van der Waals surface area contributed by atoms with E-state index in [0.717, 1.165) is 5.56 Å². The Bertz CT molecular complexity index is 915. The fourth-order valence-electron chi connectivity index (χ4n) is 2.22. The van der Waals surface area contributed by atoms with Crippen LogP contribution in [-0.4, -0.2) is 25.6 Å². The van der Waals surface area contributed by atoms with E-state index in [1.165, 1.54) is 12.1 Å². The minimum absolute atomic E-state index is 0.0844. The molecule has 2 heterocycles. The molecule has 0 saturated carbocycles. The largest absolute Gasteiger partial charge is 0.508 e. The number of aromatic hydroxyl groups is 1. The highest BCUT2D eigenvalue weighted by molar-refractivity contribution is 5.72. The molecule has 0 aliphatic heterocycles. The van der Waals surface area contributed by atoms with E-state index in [1.54, 1.807) is 22.6 Å². The Hall–Kier alpha value is -3.22. The molecule has 0 spiro atoms. The van der Waals surface area contributed by atoms with E-state index >= 15 is 0 Å². The third kappa shape index (κ3) is 3.18. The SMILES string of the molecule is Cc1ccc2nc(CC(=O)O)c(N=Nc3cccc(O)c3)n2c1. The van der Waals surface area contributed by atoms with Gasteiger partial charge in [0.1, 0.15) is 11.4 Å². The van der Waals surface area contributed by atoms with Crippen LogP contribution in [0.2, 0.25) is 0 Å². The molecule has 0 unspecified atom stereocenters. The summed E-state index contributed by atoms with van der Waals surface area (Å²) in [5, 5.41) is 26.7. The number of imidazole rings is 1. The molecule has 7 heteroatoms. The highest BCUT2D eigenvalue weighted by Gasteiger charge is 2.15. The van der Waals surface area contributed by atoms with Gasteiger partial charge in [0.25, 0.3) is 0 Å². The third-order valence-corrected chi connectivity index (χ3v) is 3.22. The average Bonchev–Trinajstić information content (AvgIpc) is 2.81. The number of hydrogen-bond donors (Lipinski definition) is 2. The lowest BCUT2D eigenvalue weighted by Crippen LogP contribution is -2.00. The normalized spacial score (nSPS) is 11.3. The number of phenolic OH excluding ortho intramolecular Hbond substituents is 1. The summed E-state index contributed by atoms with van der Waals surface area (Å²) in [6.07, 6.45) is 1.58. The van der Waals surface area contributed by atoms with Crippen molar-refractivity contribution in [2.24, 2.45) is 10.2 Å². The number of hydrogen-bond acceptors (Lipinski definition) is 5. The number of pyridine rings is 1. The maximum atomic E-state index is 11.0. The molecular formula is C16H14N4O3. The van der Waals surface area contributed by atoms with Gasteiger partial charge in [0, 0.05) is 12.3 Å². The number of carboxylic acid groups (broad SMARTS) is 1. The lowest BCUT2D eigenvalue weighted by atomic mass is 10.3. The molecule has 0 amide bonds. The summed E-state index contributed by atoms with van der Waals surface area (Å²) in [5.41, 5.74) is 2.41. The number of azo groups is 1. The van der Waals surface area contributed by atoms with Gasteiger partial charge in [-0.2, -0.15) is 0 Å². The zero-order chi connectivity index (χ0) is 16.4. The van der Waals surface area contributed by atoms with Crippen LogP contribution in [0.4, 0.5) is 11.5 Å². The number of aromatic nitrogens is 2. The first-order chi connectivity index (χ1) is 11.0. The van der Waals surface area contributed by atoms with E-state index in [0.29, 0.717) is 22.8 Å². The summed E-state index contributed by atoms with van der Waals surface area (Å²) >= 11 is 0. The smallest absolute Gasteiger partial charge is 0.309 e. The molecular weight excluding hydrogens is 296 g/mol. The van der Waals surface area contributed by atoms with Crippen molar-refractivity contribution in [2.45, 2.75) is 13.3 Å². The van der Waals surface area contributed by atoms with Crippen molar-refractivity contribution in [1.82, 2.24) is 9.38 Å². The predicted molar refractivity (Wildman–Crippen MR) is 83.6 cm³/mol. The quantitative estimate of drug-likeness (QED) is 0.721. The second-order valence-corrected chi connectivity index (χ2v) is 5.11. The molecule has 0 bridgehead atoms. The highest BCUT2D eigenvalue weighted by atomic mass is 16.4. The van der Waals surface area contributed by atoms with Gasteiger partial charge in [0.2, 0.25) is 0 Å². The van der Waals surface area contributed by atoms with Crippen LogP contribution < -0.4 is 0 Å². The molecule has 2 N–H and O–H groups in total. The first-order valence-electron chi connectivity index (χ1n) is 6.93. The Kier molecular flexibility index (Phi) is 3.76. The van der Waals surface area contributed by atoms with E-state index in [2.05, 4.69) is 15.2 Å². The number of benzene rings is 1. The number of aryl methyl sites for hydroxylation is 1.